The molecular weight excluding hydrogens is 400 g/mol. The second-order valence-electron chi connectivity index (χ2n) is 6.78. The Kier molecular flexibility index (Phi) is 4.82. The van der Waals surface area contributed by atoms with Gasteiger partial charge in [-0.3, -0.25) is 20.4 Å². The van der Waals surface area contributed by atoms with Crippen LogP contribution >= 0.6 is 23.4 Å². The maximum Gasteiger partial charge on any atom is 0.236 e. The van der Waals surface area contributed by atoms with Gasteiger partial charge in [-0.25, -0.2) is 5.43 Å². The Balaban J connectivity index is 1.40. The summed E-state index contributed by atoms with van der Waals surface area (Å²) in [6, 6.07) is 13.4. The van der Waals surface area contributed by atoms with Gasteiger partial charge in [0.05, 0.1) is 12.1 Å². The van der Waals surface area contributed by atoms with E-state index in [0.717, 1.165) is 11.3 Å². The summed E-state index contributed by atoms with van der Waals surface area (Å²) in [4.78, 5) is 15.0. The summed E-state index contributed by atoms with van der Waals surface area (Å²) in [5.41, 5.74) is 7.81. The van der Waals surface area contributed by atoms with Gasteiger partial charge in [0.2, 0.25) is 12.7 Å². The number of nitrogens with zero attached hydrogens (tertiary/aromatic N) is 1. The minimum atomic E-state index is -0.231. The lowest BCUT2D eigenvalue weighted by molar-refractivity contribution is -0.124. The third kappa shape index (κ3) is 3.21. The van der Waals surface area contributed by atoms with Crippen molar-refractivity contribution < 1.29 is 14.3 Å². The van der Waals surface area contributed by atoms with Crippen molar-refractivity contribution in [3.05, 3.63) is 53.1 Å². The first-order chi connectivity index (χ1) is 13.7. The van der Waals surface area contributed by atoms with Crippen molar-refractivity contribution in [3.8, 4) is 11.5 Å². The lowest BCUT2D eigenvalue weighted by Crippen LogP contribution is -2.64. The van der Waals surface area contributed by atoms with Crippen LogP contribution in [0.25, 0.3) is 0 Å². The third-order valence-electron chi connectivity index (χ3n) is 5.07. The van der Waals surface area contributed by atoms with Gasteiger partial charge in [0, 0.05) is 29.1 Å². The van der Waals surface area contributed by atoms with Crippen LogP contribution in [-0.2, 0) is 10.5 Å². The molecule has 3 N–H and O–H groups in total. The number of thioether (sulfide) groups is 1. The molecule has 0 aromatic heterocycles. The van der Waals surface area contributed by atoms with E-state index in [2.05, 4.69) is 16.2 Å². The molecule has 7 nitrogen and oxygen atoms in total. The first-order valence-electron chi connectivity index (χ1n) is 9.03. The fourth-order valence-electron chi connectivity index (χ4n) is 3.62. The van der Waals surface area contributed by atoms with E-state index in [4.69, 9.17) is 21.1 Å². The van der Waals surface area contributed by atoms with E-state index in [9.17, 15) is 4.79 Å². The second-order valence-corrected chi connectivity index (χ2v) is 8.26. The van der Waals surface area contributed by atoms with Gasteiger partial charge in [0.25, 0.3) is 0 Å². The standard InChI is InChI=1S/C19H19ClN4O3S/c20-14-7-16-15(26-10-27-16)6-11(14)9-28-19-22-17-13(8-21-23-17)18(25)24(19)12-4-2-1-3-5-12/h1-7,13,17,19,21-23H,8-10H2. The summed E-state index contributed by atoms with van der Waals surface area (Å²) in [6.07, 6.45) is -0.0998. The highest BCUT2D eigenvalue weighted by atomic mass is 35.5. The summed E-state index contributed by atoms with van der Waals surface area (Å²) in [6.45, 7) is 0.815. The van der Waals surface area contributed by atoms with Crippen molar-refractivity contribution >= 4 is 35.0 Å². The number of hydrazine groups is 1. The van der Waals surface area contributed by atoms with Crippen molar-refractivity contribution in [2.24, 2.45) is 5.92 Å². The fraction of sp³-hybridized carbons (Fsp3) is 0.316. The van der Waals surface area contributed by atoms with Crippen molar-refractivity contribution in [2.45, 2.75) is 17.4 Å². The highest BCUT2D eigenvalue weighted by Gasteiger charge is 2.44. The molecule has 3 aliphatic heterocycles. The highest BCUT2D eigenvalue weighted by molar-refractivity contribution is 7.99. The number of amides is 1. The van der Waals surface area contributed by atoms with Gasteiger partial charge in [-0.2, -0.15) is 0 Å². The van der Waals surface area contributed by atoms with Crippen LogP contribution in [0.4, 0.5) is 5.69 Å². The number of fused-ring (bicyclic) bond motifs is 2. The van der Waals surface area contributed by atoms with Crippen molar-refractivity contribution in [3.63, 3.8) is 0 Å². The minimum Gasteiger partial charge on any atom is -0.454 e. The van der Waals surface area contributed by atoms with Crippen LogP contribution in [0.5, 0.6) is 11.5 Å². The zero-order chi connectivity index (χ0) is 19.1. The second kappa shape index (κ2) is 7.46. The number of ether oxygens (including phenoxy) is 2. The Labute approximate surface area is 171 Å². The molecule has 0 saturated carbocycles. The molecule has 2 aromatic rings. The van der Waals surface area contributed by atoms with E-state index < -0.39 is 0 Å². The predicted molar refractivity (Wildman–Crippen MR) is 108 cm³/mol. The molecule has 0 radical (unpaired) electrons. The van der Waals surface area contributed by atoms with E-state index in [1.165, 1.54) is 0 Å². The maximum absolute atomic E-state index is 13.2. The molecule has 3 heterocycles. The van der Waals surface area contributed by atoms with Crippen LogP contribution in [0.15, 0.2) is 42.5 Å². The predicted octanol–water partition coefficient (Wildman–Crippen LogP) is 2.27. The number of hydrogen-bond donors (Lipinski definition) is 3. The quantitative estimate of drug-likeness (QED) is 0.703. The van der Waals surface area contributed by atoms with E-state index in [1.54, 1.807) is 17.8 Å². The number of halogens is 1. The number of para-hydroxylation sites is 1. The van der Waals surface area contributed by atoms with Gasteiger partial charge in [0.1, 0.15) is 5.50 Å². The normalized spacial score (nSPS) is 25.8. The molecule has 3 aliphatic rings. The summed E-state index contributed by atoms with van der Waals surface area (Å²) < 4.78 is 10.8. The topological polar surface area (TPSA) is 74.9 Å². The number of benzene rings is 2. The number of anilines is 1. The molecule has 2 fully saturated rings. The molecule has 3 unspecified atom stereocenters. The molecule has 3 atom stereocenters. The summed E-state index contributed by atoms with van der Waals surface area (Å²) in [7, 11) is 0. The van der Waals surface area contributed by atoms with Gasteiger partial charge in [-0.05, 0) is 23.8 Å². The summed E-state index contributed by atoms with van der Waals surface area (Å²) in [5, 5.41) is 4.16. The van der Waals surface area contributed by atoms with Gasteiger partial charge >= 0.3 is 0 Å². The van der Waals surface area contributed by atoms with Gasteiger partial charge in [-0.1, -0.05) is 29.8 Å². The zero-order valence-corrected chi connectivity index (χ0v) is 16.4. The van der Waals surface area contributed by atoms with E-state index >= 15 is 0 Å². The Bertz CT molecular complexity index is 900. The molecule has 9 heteroatoms. The largest absolute Gasteiger partial charge is 0.454 e. The van der Waals surface area contributed by atoms with Gasteiger partial charge in [-0.15, -0.1) is 11.8 Å². The Morgan fingerprint density at radius 2 is 1.96 bits per heavy atom. The number of carbonyl (C=O) groups is 1. The smallest absolute Gasteiger partial charge is 0.236 e. The molecule has 2 saturated heterocycles. The monoisotopic (exact) mass is 418 g/mol. The van der Waals surface area contributed by atoms with Crippen LogP contribution in [0.3, 0.4) is 0 Å². The first kappa shape index (κ1) is 18.1. The molecular formula is C19H19ClN4O3S. The van der Waals surface area contributed by atoms with Gasteiger partial charge in [0.15, 0.2) is 11.5 Å². The fourth-order valence-corrected chi connectivity index (χ4v) is 5.11. The van der Waals surface area contributed by atoms with Crippen molar-refractivity contribution in [2.75, 3.05) is 18.2 Å². The molecule has 28 heavy (non-hydrogen) atoms. The van der Waals surface area contributed by atoms with Crippen LogP contribution in [-0.4, -0.2) is 30.9 Å². The molecule has 0 aliphatic carbocycles. The van der Waals surface area contributed by atoms with E-state index in [0.29, 0.717) is 28.8 Å². The summed E-state index contributed by atoms with van der Waals surface area (Å²) in [5.74, 6) is 1.94. The molecule has 5 rings (SSSR count). The minimum absolute atomic E-state index is 0.0988. The Morgan fingerprint density at radius 3 is 2.79 bits per heavy atom. The van der Waals surface area contributed by atoms with Crippen molar-refractivity contribution in [1.29, 1.82) is 0 Å². The number of hydrogen-bond acceptors (Lipinski definition) is 7. The molecule has 2 aromatic carbocycles. The lowest BCUT2D eigenvalue weighted by Gasteiger charge is -2.41. The van der Waals surface area contributed by atoms with E-state index in [-0.39, 0.29) is 30.3 Å². The van der Waals surface area contributed by atoms with Gasteiger partial charge < -0.3 is 9.47 Å². The van der Waals surface area contributed by atoms with Crippen LogP contribution < -0.4 is 30.5 Å². The average molecular weight is 419 g/mol. The lowest BCUT2D eigenvalue weighted by atomic mass is 10.0. The average Bonchev–Trinajstić information content (AvgIpc) is 3.36. The third-order valence-corrected chi connectivity index (χ3v) is 6.56. The van der Waals surface area contributed by atoms with Crippen molar-refractivity contribution in [1.82, 2.24) is 16.2 Å². The molecule has 0 bridgehead atoms. The van der Waals surface area contributed by atoms with Crippen LogP contribution in [0.1, 0.15) is 5.56 Å². The SMILES string of the molecule is O=C1C2CNNC2NC(SCc2cc3c(cc2Cl)OCO3)N1c1ccccc1. The van der Waals surface area contributed by atoms with Crippen LogP contribution in [0.2, 0.25) is 5.02 Å². The van der Waals surface area contributed by atoms with Crippen LogP contribution in [0, 0.1) is 5.92 Å². The van der Waals surface area contributed by atoms with E-state index in [1.807, 2.05) is 41.3 Å². The highest BCUT2D eigenvalue weighted by Crippen LogP contribution is 2.39. The number of nitrogens with one attached hydrogen (secondary N) is 3. The Hall–Kier alpha value is -1.97. The molecule has 146 valence electrons. The molecule has 0 spiro atoms. The number of rotatable bonds is 4. The molecule has 1 amide bonds. The first-order valence-corrected chi connectivity index (χ1v) is 10.5. The summed E-state index contributed by atoms with van der Waals surface area (Å²) >= 11 is 8.04. The maximum atomic E-state index is 13.2. The number of carbonyl (C=O) groups excluding carboxylic acids is 1. The zero-order valence-electron chi connectivity index (χ0n) is 14.9. The Morgan fingerprint density at radius 1 is 1.18 bits per heavy atom.